The second kappa shape index (κ2) is 8.49. The molecule has 0 atom stereocenters. The Morgan fingerprint density at radius 1 is 0.821 bits per heavy atom. The van der Waals surface area contributed by atoms with E-state index < -0.39 is 0 Å². The first-order chi connectivity index (χ1) is 13.7. The molecule has 28 heavy (non-hydrogen) atoms. The average Bonchev–Trinajstić information content (AvgIpc) is 2.75. The number of piperazine rings is 1. The molecule has 3 aromatic carbocycles. The van der Waals surface area contributed by atoms with Crippen LogP contribution in [0.3, 0.4) is 0 Å². The smallest absolute Gasteiger partial charge is 0.119 e. The van der Waals surface area contributed by atoms with Crippen LogP contribution in [0.1, 0.15) is 11.1 Å². The molecule has 0 saturated carbocycles. The van der Waals surface area contributed by atoms with E-state index in [1.54, 1.807) is 7.11 Å². The summed E-state index contributed by atoms with van der Waals surface area (Å²) < 4.78 is 5.27. The molecule has 0 radical (unpaired) electrons. The lowest BCUT2D eigenvalue weighted by Crippen LogP contribution is -2.46. The normalized spacial score (nSPS) is 14.9. The molecule has 1 heterocycles. The summed E-state index contributed by atoms with van der Waals surface area (Å²) in [5, 5.41) is 0. The molecule has 3 aromatic rings. The van der Waals surface area contributed by atoms with Gasteiger partial charge in [0, 0.05) is 38.4 Å². The number of rotatable bonds is 5. The van der Waals surface area contributed by atoms with Crippen LogP contribution in [0.15, 0.2) is 72.8 Å². The third-order valence-corrected chi connectivity index (χ3v) is 5.55. The zero-order chi connectivity index (χ0) is 19.3. The number of nitrogens with zero attached hydrogens (tertiary/aromatic N) is 2. The first-order valence-electron chi connectivity index (χ1n) is 9.99. The van der Waals surface area contributed by atoms with Crippen molar-refractivity contribution in [2.24, 2.45) is 0 Å². The molecule has 4 rings (SSSR count). The lowest BCUT2D eigenvalue weighted by atomic mass is 9.97. The highest BCUT2D eigenvalue weighted by Crippen LogP contribution is 2.27. The largest absolute Gasteiger partial charge is 0.497 e. The van der Waals surface area contributed by atoms with E-state index in [1.165, 1.54) is 27.9 Å². The molecule has 0 unspecified atom stereocenters. The Morgan fingerprint density at radius 3 is 2.21 bits per heavy atom. The maximum absolute atomic E-state index is 5.27. The predicted octanol–water partition coefficient (Wildman–Crippen LogP) is 4.99. The molecular weight excluding hydrogens is 344 g/mol. The molecule has 0 bridgehead atoms. The van der Waals surface area contributed by atoms with E-state index in [9.17, 15) is 0 Å². The van der Waals surface area contributed by atoms with E-state index in [-0.39, 0.29) is 0 Å². The van der Waals surface area contributed by atoms with Gasteiger partial charge in [0.05, 0.1) is 7.11 Å². The first kappa shape index (κ1) is 18.6. The molecule has 0 amide bonds. The maximum atomic E-state index is 5.27. The zero-order valence-corrected chi connectivity index (χ0v) is 16.8. The van der Waals surface area contributed by atoms with E-state index in [4.69, 9.17) is 4.74 Å². The minimum absolute atomic E-state index is 0.912. The molecule has 1 aliphatic rings. The molecule has 0 aliphatic carbocycles. The van der Waals surface area contributed by atoms with Crippen LogP contribution in [0.2, 0.25) is 0 Å². The summed E-state index contributed by atoms with van der Waals surface area (Å²) in [4.78, 5) is 5.03. The molecule has 0 spiro atoms. The summed E-state index contributed by atoms with van der Waals surface area (Å²) in [5.41, 5.74) is 6.68. The van der Waals surface area contributed by atoms with Gasteiger partial charge < -0.3 is 9.64 Å². The van der Waals surface area contributed by atoms with E-state index >= 15 is 0 Å². The molecule has 1 fully saturated rings. The molecule has 0 aromatic heterocycles. The highest BCUT2D eigenvalue weighted by molar-refractivity contribution is 5.67. The van der Waals surface area contributed by atoms with Gasteiger partial charge in [0.25, 0.3) is 0 Å². The van der Waals surface area contributed by atoms with Crippen LogP contribution in [0, 0.1) is 6.92 Å². The van der Waals surface area contributed by atoms with Crippen molar-refractivity contribution in [2.75, 3.05) is 38.2 Å². The topological polar surface area (TPSA) is 15.7 Å². The minimum atomic E-state index is 0.912. The predicted molar refractivity (Wildman–Crippen MR) is 117 cm³/mol. The Kier molecular flexibility index (Phi) is 5.63. The lowest BCUT2D eigenvalue weighted by Gasteiger charge is -2.36. The Labute approximate surface area is 168 Å². The molecule has 3 nitrogen and oxygen atoms in total. The van der Waals surface area contributed by atoms with E-state index in [2.05, 4.69) is 77.4 Å². The van der Waals surface area contributed by atoms with Gasteiger partial charge >= 0.3 is 0 Å². The lowest BCUT2D eigenvalue weighted by molar-refractivity contribution is 0.250. The van der Waals surface area contributed by atoms with Gasteiger partial charge in [0.1, 0.15) is 5.75 Å². The van der Waals surface area contributed by atoms with Gasteiger partial charge in [0.2, 0.25) is 0 Å². The SMILES string of the molecule is COc1ccc(N2CCN(Cc3cc(C)ccc3-c3ccccc3)CC2)cc1. The van der Waals surface area contributed by atoms with Gasteiger partial charge in [-0.15, -0.1) is 0 Å². The van der Waals surface area contributed by atoms with Crippen molar-refractivity contribution in [2.45, 2.75) is 13.5 Å². The number of aryl methyl sites for hydroxylation is 1. The Balaban J connectivity index is 1.44. The highest BCUT2D eigenvalue weighted by atomic mass is 16.5. The molecule has 1 saturated heterocycles. The number of anilines is 1. The van der Waals surface area contributed by atoms with Crippen LogP contribution in [0.25, 0.3) is 11.1 Å². The molecule has 0 N–H and O–H groups in total. The summed E-state index contributed by atoms with van der Waals surface area (Å²) in [7, 11) is 1.71. The second-order valence-electron chi connectivity index (χ2n) is 7.49. The fourth-order valence-electron chi connectivity index (χ4n) is 3.95. The van der Waals surface area contributed by atoms with E-state index in [0.29, 0.717) is 0 Å². The summed E-state index contributed by atoms with van der Waals surface area (Å²) in [6.45, 7) is 7.45. The van der Waals surface area contributed by atoms with Crippen LogP contribution < -0.4 is 9.64 Å². The number of hydrogen-bond acceptors (Lipinski definition) is 3. The van der Waals surface area contributed by atoms with Gasteiger partial charge in [-0.1, -0.05) is 54.1 Å². The van der Waals surface area contributed by atoms with Crippen molar-refractivity contribution < 1.29 is 4.74 Å². The maximum Gasteiger partial charge on any atom is 0.119 e. The Morgan fingerprint density at radius 2 is 1.54 bits per heavy atom. The fraction of sp³-hybridized carbons (Fsp3) is 0.280. The average molecular weight is 373 g/mol. The van der Waals surface area contributed by atoms with Crippen molar-refractivity contribution in [3.63, 3.8) is 0 Å². The first-order valence-corrected chi connectivity index (χ1v) is 9.99. The number of methoxy groups -OCH3 is 1. The van der Waals surface area contributed by atoms with Crippen LogP contribution in [0.5, 0.6) is 5.75 Å². The third kappa shape index (κ3) is 4.20. The van der Waals surface area contributed by atoms with E-state index in [0.717, 1.165) is 38.5 Å². The van der Waals surface area contributed by atoms with Crippen molar-refractivity contribution in [1.82, 2.24) is 4.90 Å². The standard InChI is InChI=1S/C25H28N2O/c1-20-8-13-25(21-6-4-3-5-7-21)22(18-20)19-26-14-16-27(17-15-26)23-9-11-24(28-2)12-10-23/h3-13,18H,14-17,19H2,1-2H3. The van der Waals surface area contributed by atoms with Gasteiger partial charge in [-0.05, 0) is 47.9 Å². The number of ether oxygens (including phenoxy) is 1. The summed E-state index contributed by atoms with van der Waals surface area (Å²) >= 11 is 0. The molecule has 144 valence electrons. The van der Waals surface area contributed by atoms with Crippen LogP contribution in [-0.4, -0.2) is 38.2 Å². The van der Waals surface area contributed by atoms with Gasteiger partial charge in [0.15, 0.2) is 0 Å². The number of benzene rings is 3. The summed E-state index contributed by atoms with van der Waals surface area (Å²) in [5.74, 6) is 0.912. The van der Waals surface area contributed by atoms with Crippen molar-refractivity contribution in [3.05, 3.63) is 83.9 Å². The molecule has 1 aliphatic heterocycles. The van der Waals surface area contributed by atoms with Crippen molar-refractivity contribution >= 4 is 5.69 Å². The minimum Gasteiger partial charge on any atom is -0.497 e. The molecular formula is C25H28N2O. The Bertz CT molecular complexity index is 898. The van der Waals surface area contributed by atoms with E-state index in [1.807, 2.05) is 12.1 Å². The summed E-state index contributed by atoms with van der Waals surface area (Å²) in [6, 6.07) is 26.0. The third-order valence-electron chi connectivity index (χ3n) is 5.55. The van der Waals surface area contributed by atoms with Crippen LogP contribution >= 0.6 is 0 Å². The quantitative estimate of drug-likeness (QED) is 0.627. The Hall–Kier alpha value is -2.78. The van der Waals surface area contributed by atoms with Gasteiger partial charge in [-0.25, -0.2) is 0 Å². The highest BCUT2D eigenvalue weighted by Gasteiger charge is 2.18. The van der Waals surface area contributed by atoms with Crippen LogP contribution in [0.4, 0.5) is 5.69 Å². The van der Waals surface area contributed by atoms with Crippen LogP contribution in [-0.2, 0) is 6.54 Å². The molecule has 3 heteroatoms. The van der Waals surface area contributed by atoms with Gasteiger partial charge in [-0.2, -0.15) is 0 Å². The monoisotopic (exact) mass is 372 g/mol. The second-order valence-corrected chi connectivity index (χ2v) is 7.49. The van der Waals surface area contributed by atoms with Crippen molar-refractivity contribution in [1.29, 1.82) is 0 Å². The number of hydrogen-bond donors (Lipinski definition) is 0. The zero-order valence-electron chi connectivity index (χ0n) is 16.8. The van der Waals surface area contributed by atoms with Crippen molar-refractivity contribution in [3.8, 4) is 16.9 Å². The fourth-order valence-corrected chi connectivity index (χ4v) is 3.95. The van der Waals surface area contributed by atoms with Gasteiger partial charge in [-0.3, -0.25) is 4.90 Å². The summed E-state index contributed by atoms with van der Waals surface area (Å²) in [6.07, 6.45) is 0.